The molecule has 2 aromatic carbocycles. The highest BCUT2D eigenvalue weighted by molar-refractivity contribution is 5.87. The number of ether oxygens (including phenoxy) is 3. The SMILES string of the molecule is COc1cc(OC)c(OC)cc1/C=N\NC(=O)CNc1ccc(C)cc1. The second kappa shape index (κ2) is 9.31. The first kappa shape index (κ1) is 19.1. The maximum atomic E-state index is 11.9. The molecule has 2 rings (SSSR count). The largest absolute Gasteiger partial charge is 0.496 e. The van der Waals surface area contributed by atoms with Crippen LogP contribution in [-0.4, -0.2) is 40.0 Å². The van der Waals surface area contributed by atoms with Gasteiger partial charge in [0.05, 0.1) is 34.1 Å². The van der Waals surface area contributed by atoms with E-state index < -0.39 is 0 Å². The van der Waals surface area contributed by atoms with Crippen LogP contribution in [-0.2, 0) is 4.79 Å². The smallest absolute Gasteiger partial charge is 0.259 e. The number of methoxy groups -OCH3 is 3. The van der Waals surface area contributed by atoms with E-state index in [4.69, 9.17) is 14.2 Å². The van der Waals surface area contributed by atoms with Crippen LogP contribution in [0, 0.1) is 6.92 Å². The van der Waals surface area contributed by atoms with Gasteiger partial charge in [-0.3, -0.25) is 4.79 Å². The Morgan fingerprint density at radius 2 is 1.62 bits per heavy atom. The Hall–Kier alpha value is -3.22. The molecule has 0 aliphatic rings. The average Bonchev–Trinajstić information content (AvgIpc) is 2.67. The third-order valence-electron chi connectivity index (χ3n) is 3.63. The predicted molar refractivity (Wildman–Crippen MR) is 102 cm³/mol. The van der Waals surface area contributed by atoms with Gasteiger partial charge in [-0.1, -0.05) is 17.7 Å². The minimum Gasteiger partial charge on any atom is -0.496 e. The summed E-state index contributed by atoms with van der Waals surface area (Å²) in [6.07, 6.45) is 1.49. The zero-order chi connectivity index (χ0) is 18.9. The minimum absolute atomic E-state index is 0.115. The van der Waals surface area contributed by atoms with Crippen molar-refractivity contribution in [2.45, 2.75) is 6.92 Å². The molecule has 0 unspecified atom stereocenters. The molecule has 0 aliphatic heterocycles. The lowest BCUT2D eigenvalue weighted by Crippen LogP contribution is -2.25. The average molecular weight is 357 g/mol. The number of benzene rings is 2. The minimum atomic E-state index is -0.263. The van der Waals surface area contributed by atoms with Gasteiger partial charge in [-0.05, 0) is 25.1 Å². The summed E-state index contributed by atoms with van der Waals surface area (Å²) in [6, 6.07) is 11.2. The Morgan fingerprint density at radius 3 is 2.23 bits per heavy atom. The van der Waals surface area contributed by atoms with Crippen molar-refractivity contribution in [3.05, 3.63) is 47.5 Å². The van der Waals surface area contributed by atoms with Crippen LogP contribution in [0.5, 0.6) is 17.2 Å². The molecule has 7 nitrogen and oxygen atoms in total. The number of amides is 1. The second-order valence-electron chi connectivity index (χ2n) is 5.46. The number of hydrogen-bond acceptors (Lipinski definition) is 6. The Morgan fingerprint density at radius 1 is 1.00 bits per heavy atom. The van der Waals surface area contributed by atoms with Gasteiger partial charge in [0.2, 0.25) is 0 Å². The zero-order valence-electron chi connectivity index (χ0n) is 15.3. The molecule has 0 radical (unpaired) electrons. The van der Waals surface area contributed by atoms with E-state index in [1.165, 1.54) is 6.21 Å². The third-order valence-corrected chi connectivity index (χ3v) is 3.63. The van der Waals surface area contributed by atoms with Crippen LogP contribution in [0.3, 0.4) is 0 Å². The number of hydrogen-bond donors (Lipinski definition) is 2. The van der Waals surface area contributed by atoms with Crippen molar-refractivity contribution in [2.24, 2.45) is 5.10 Å². The Bertz CT molecular complexity index is 773. The first-order valence-corrected chi connectivity index (χ1v) is 7.99. The van der Waals surface area contributed by atoms with E-state index in [1.54, 1.807) is 33.5 Å². The standard InChI is InChI=1S/C19H23N3O4/c1-13-5-7-15(8-6-13)20-12-19(23)22-21-11-14-9-17(25-3)18(26-4)10-16(14)24-2/h5-11,20H,12H2,1-4H3,(H,22,23)/b21-11-. The van der Waals surface area contributed by atoms with Crippen molar-refractivity contribution in [3.63, 3.8) is 0 Å². The fourth-order valence-corrected chi connectivity index (χ4v) is 2.22. The van der Waals surface area contributed by atoms with Gasteiger partial charge >= 0.3 is 0 Å². The number of carbonyl (C=O) groups excluding carboxylic acids is 1. The van der Waals surface area contributed by atoms with Crippen molar-refractivity contribution in [1.82, 2.24) is 5.43 Å². The summed E-state index contributed by atoms with van der Waals surface area (Å²) >= 11 is 0. The molecule has 2 N–H and O–H groups in total. The highest BCUT2D eigenvalue weighted by Gasteiger charge is 2.10. The molecule has 0 aliphatic carbocycles. The van der Waals surface area contributed by atoms with Crippen LogP contribution >= 0.6 is 0 Å². The quantitative estimate of drug-likeness (QED) is 0.561. The van der Waals surface area contributed by atoms with E-state index in [9.17, 15) is 4.79 Å². The molecule has 0 heterocycles. The summed E-state index contributed by atoms with van der Waals surface area (Å²) < 4.78 is 15.8. The highest BCUT2D eigenvalue weighted by atomic mass is 16.5. The number of hydrazone groups is 1. The summed E-state index contributed by atoms with van der Waals surface area (Å²) in [5, 5.41) is 7.00. The number of anilines is 1. The van der Waals surface area contributed by atoms with Crippen molar-refractivity contribution in [2.75, 3.05) is 33.2 Å². The predicted octanol–water partition coefficient (Wildman–Crippen LogP) is 2.58. The van der Waals surface area contributed by atoms with Gasteiger partial charge in [0.15, 0.2) is 11.5 Å². The zero-order valence-corrected chi connectivity index (χ0v) is 15.3. The number of carbonyl (C=O) groups is 1. The monoisotopic (exact) mass is 357 g/mol. The molecule has 26 heavy (non-hydrogen) atoms. The van der Waals surface area contributed by atoms with Gasteiger partial charge in [0.1, 0.15) is 5.75 Å². The molecular weight excluding hydrogens is 334 g/mol. The molecule has 2 aromatic rings. The number of aryl methyl sites for hydroxylation is 1. The van der Waals surface area contributed by atoms with Crippen LogP contribution in [0.1, 0.15) is 11.1 Å². The topological polar surface area (TPSA) is 81.2 Å². The summed E-state index contributed by atoms with van der Waals surface area (Å²) in [5.74, 6) is 1.38. The second-order valence-corrected chi connectivity index (χ2v) is 5.46. The van der Waals surface area contributed by atoms with Crippen LogP contribution in [0.15, 0.2) is 41.5 Å². The number of rotatable bonds is 8. The van der Waals surface area contributed by atoms with Crippen LogP contribution in [0.4, 0.5) is 5.69 Å². The third kappa shape index (κ3) is 5.14. The Kier molecular flexibility index (Phi) is 6.84. The lowest BCUT2D eigenvalue weighted by Gasteiger charge is -2.11. The van der Waals surface area contributed by atoms with Gasteiger partial charge in [0, 0.05) is 17.3 Å². The number of nitrogens with one attached hydrogen (secondary N) is 2. The van der Waals surface area contributed by atoms with Gasteiger partial charge in [-0.25, -0.2) is 5.43 Å². The van der Waals surface area contributed by atoms with Crippen molar-refractivity contribution >= 4 is 17.8 Å². The first-order valence-electron chi connectivity index (χ1n) is 7.99. The van der Waals surface area contributed by atoms with E-state index in [-0.39, 0.29) is 12.5 Å². The summed E-state index contributed by atoms with van der Waals surface area (Å²) in [6.45, 7) is 2.12. The molecular formula is C19H23N3O4. The van der Waals surface area contributed by atoms with Crippen LogP contribution < -0.4 is 25.0 Å². The van der Waals surface area contributed by atoms with E-state index in [1.807, 2.05) is 31.2 Å². The fourth-order valence-electron chi connectivity index (χ4n) is 2.22. The normalized spacial score (nSPS) is 10.5. The summed E-state index contributed by atoms with van der Waals surface area (Å²) in [7, 11) is 4.64. The molecule has 0 saturated carbocycles. The summed E-state index contributed by atoms with van der Waals surface area (Å²) in [5.41, 5.74) is 5.15. The van der Waals surface area contributed by atoms with E-state index in [0.717, 1.165) is 11.3 Å². The lowest BCUT2D eigenvalue weighted by atomic mass is 10.2. The van der Waals surface area contributed by atoms with E-state index in [2.05, 4.69) is 15.8 Å². The van der Waals surface area contributed by atoms with Crippen LogP contribution in [0.2, 0.25) is 0 Å². The van der Waals surface area contributed by atoms with E-state index >= 15 is 0 Å². The molecule has 1 amide bonds. The van der Waals surface area contributed by atoms with Gasteiger partial charge in [-0.15, -0.1) is 0 Å². The maximum Gasteiger partial charge on any atom is 0.259 e. The first-order chi connectivity index (χ1) is 12.6. The fraction of sp³-hybridized carbons (Fsp3) is 0.263. The highest BCUT2D eigenvalue weighted by Crippen LogP contribution is 2.33. The molecule has 7 heteroatoms. The maximum absolute atomic E-state index is 11.9. The van der Waals surface area contributed by atoms with Gasteiger partial charge in [0.25, 0.3) is 5.91 Å². The van der Waals surface area contributed by atoms with E-state index in [0.29, 0.717) is 22.8 Å². The molecule has 0 saturated heterocycles. The van der Waals surface area contributed by atoms with Crippen molar-refractivity contribution < 1.29 is 19.0 Å². The van der Waals surface area contributed by atoms with Gasteiger partial charge in [-0.2, -0.15) is 5.10 Å². The molecule has 0 bridgehead atoms. The van der Waals surface area contributed by atoms with Crippen molar-refractivity contribution in [1.29, 1.82) is 0 Å². The number of nitrogens with zero attached hydrogens (tertiary/aromatic N) is 1. The molecule has 138 valence electrons. The Balaban J connectivity index is 1.96. The lowest BCUT2D eigenvalue weighted by molar-refractivity contribution is -0.119. The Labute approximate surface area is 153 Å². The van der Waals surface area contributed by atoms with Crippen LogP contribution in [0.25, 0.3) is 0 Å². The van der Waals surface area contributed by atoms with Gasteiger partial charge < -0.3 is 19.5 Å². The molecule has 0 atom stereocenters. The molecule has 0 spiro atoms. The summed E-state index contributed by atoms with van der Waals surface area (Å²) in [4.78, 5) is 11.9. The van der Waals surface area contributed by atoms with Crippen molar-refractivity contribution in [3.8, 4) is 17.2 Å². The molecule has 0 aromatic heterocycles. The molecule has 0 fully saturated rings.